The van der Waals surface area contributed by atoms with Gasteiger partial charge in [-0.3, -0.25) is 0 Å². The van der Waals surface area contributed by atoms with Crippen LogP contribution in [0.5, 0.6) is 0 Å². The summed E-state index contributed by atoms with van der Waals surface area (Å²) in [5, 5.41) is 0.617. The van der Waals surface area contributed by atoms with E-state index < -0.39 is 5.92 Å². The third kappa shape index (κ3) is 1.46. The topological polar surface area (TPSA) is 38.9 Å². The molecule has 0 aliphatic heterocycles. The Labute approximate surface area is 78.8 Å². The second-order valence-electron chi connectivity index (χ2n) is 3.15. The molecule has 0 bridgehead atoms. The Morgan fingerprint density at radius 1 is 1.54 bits per heavy atom. The summed E-state index contributed by atoms with van der Waals surface area (Å²) in [5.41, 5.74) is 5.91. The van der Waals surface area contributed by atoms with Crippen LogP contribution in [0.25, 0.3) is 0 Å². The molecule has 5 heteroatoms. The Kier molecular flexibility index (Phi) is 2.08. The van der Waals surface area contributed by atoms with Crippen LogP contribution in [-0.2, 0) is 18.9 Å². The van der Waals surface area contributed by atoms with Crippen LogP contribution in [0.3, 0.4) is 0 Å². The highest BCUT2D eigenvalue weighted by Gasteiger charge is 2.39. The molecule has 2 rings (SSSR count). The third-order valence-corrected chi connectivity index (χ3v) is 3.38. The van der Waals surface area contributed by atoms with Crippen LogP contribution >= 0.6 is 11.3 Å². The van der Waals surface area contributed by atoms with Crippen LogP contribution in [-0.4, -0.2) is 4.98 Å². The van der Waals surface area contributed by atoms with Gasteiger partial charge in [0, 0.05) is 13.0 Å². The van der Waals surface area contributed by atoms with E-state index >= 15 is 0 Å². The van der Waals surface area contributed by atoms with E-state index in [2.05, 4.69) is 4.98 Å². The second-order valence-corrected chi connectivity index (χ2v) is 4.23. The molecule has 13 heavy (non-hydrogen) atoms. The van der Waals surface area contributed by atoms with Gasteiger partial charge in [-0.15, -0.1) is 11.3 Å². The standard InChI is InChI=1S/C8H10F2N2S/c9-8(10)3-1-2-5-7(8)13-6(4-11)12-5/h1-4,11H2. The first-order valence-electron chi connectivity index (χ1n) is 4.20. The molecule has 0 amide bonds. The van der Waals surface area contributed by atoms with Crippen molar-refractivity contribution in [2.75, 3.05) is 0 Å². The number of rotatable bonds is 1. The Balaban J connectivity index is 2.44. The summed E-state index contributed by atoms with van der Waals surface area (Å²) in [4.78, 5) is 4.22. The number of halogens is 2. The zero-order valence-corrected chi connectivity index (χ0v) is 7.83. The lowest BCUT2D eigenvalue weighted by atomic mass is 10.00. The first kappa shape index (κ1) is 9.02. The molecule has 0 spiro atoms. The van der Waals surface area contributed by atoms with Crippen LogP contribution in [0.15, 0.2) is 0 Å². The molecule has 1 aliphatic carbocycles. The highest BCUT2D eigenvalue weighted by molar-refractivity contribution is 7.11. The van der Waals surface area contributed by atoms with Gasteiger partial charge in [0.15, 0.2) is 0 Å². The maximum absolute atomic E-state index is 13.3. The maximum atomic E-state index is 13.3. The number of hydrogen-bond acceptors (Lipinski definition) is 3. The Hall–Kier alpha value is -0.550. The molecule has 1 aliphatic rings. The minimum atomic E-state index is -2.67. The van der Waals surface area contributed by atoms with E-state index in [-0.39, 0.29) is 17.8 Å². The lowest BCUT2D eigenvalue weighted by Crippen LogP contribution is -2.18. The summed E-state index contributed by atoms with van der Waals surface area (Å²) in [6.45, 7) is 0.258. The fraction of sp³-hybridized carbons (Fsp3) is 0.625. The number of thiazole rings is 1. The third-order valence-electron chi connectivity index (χ3n) is 2.15. The SMILES string of the molecule is NCc1nc2c(s1)C(F)(F)CCC2. The number of alkyl halides is 2. The highest BCUT2D eigenvalue weighted by atomic mass is 32.1. The van der Waals surface area contributed by atoms with E-state index in [0.717, 1.165) is 11.3 Å². The minimum Gasteiger partial charge on any atom is -0.325 e. The molecule has 0 fully saturated rings. The van der Waals surface area contributed by atoms with Crippen molar-refractivity contribution in [3.63, 3.8) is 0 Å². The molecular formula is C8H10F2N2S. The molecule has 1 aromatic heterocycles. The molecular weight excluding hydrogens is 194 g/mol. The molecule has 0 saturated heterocycles. The predicted octanol–water partition coefficient (Wildman–Crippen LogP) is 2.03. The first-order valence-corrected chi connectivity index (χ1v) is 5.02. The normalized spacial score (nSPS) is 19.9. The zero-order valence-electron chi connectivity index (χ0n) is 7.02. The number of nitrogens with zero attached hydrogens (tertiary/aromatic N) is 1. The first-order chi connectivity index (χ1) is 6.13. The van der Waals surface area contributed by atoms with E-state index in [1.165, 1.54) is 0 Å². The van der Waals surface area contributed by atoms with Crippen molar-refractivity contribution < 1.29 is 8.78 Å². The molecule has 0 radical (unpaired) electrons. The van der Waals surface area contributed by atoms with Crippen molar-refractivity contribution >= 4 is 11.3 Å². The van der Waals surface area contributed by atoms with Gasteiger partial charge < -0.3 is 5.73 Å². The van der Waals surface area contributed by atoms with E-state index in [1.807, 2.05) is 0 Å². The van der Waals surface area contributed by atoms with Crippen molar-refractivity contribution in [1.82, 2.24) is 4.98 Å². The van der Waals surface area contributed by atoms with E-state index in [9.17, 15) is 8.78 Å². The van der Waals surface area contributed by atoms with Crippen molar-refractivity contribution in [3.8, 4) is 0 Å². The summed E-state index contributed by atoms with van der Waals surface area (Å²) < 4.78 is 26.6. The van der Waals surface area contributed by atoms with Crippen molar-refractivity contribution in [3.05, 3.63) is 15.6 Å². The molecule has 2 N–H and O–H groups in total. The molecule has 1 heterocycles. The van der Waals surface area contributed by atoms with Gasteiger partial charge in [0.25, 0.3) is 5.92 Å². The van der Waals surface area contributed by atoms with Gasteiger partial charge in [0.2, 0.25) is 0 Å². The number of fused-ring (bicyclic) bond motifs is 1. The minimum absolute atomic E-state index is 0.0494. The van der Waals surface area contributed by atoms with Crippen LogP contribution in [0.4, 0.5) is 8.78 Å². The fourth-order valence-electron chi connectivity index (χ4n) is 1.53. The van der Waals surface area contributed by atoms with E-state index in [4.69, 9.17) is 5.73 Å². The highest BCUT2D eigenvalue weighted by Crippen LogP contribution is 2.42. The van der Waals surface area contributed by atoms with Crippen LogP contribution in [0.2, 0.25) is 0 Å². The lowest BCUT2D eigenvalue weighted by molar-refractivity contribution is -0.0180. The van der Waals surface area contributed by atoms with Crippen LogP contribution < -0.4 is 5.73 Å². The van der Waals surface area contributed by atoms with Gasteiger partial charge in [-0.2, -0.15) is 0 Å². The molecule has 0 aromatic carbocycles. The average Bonchev–Trinajstić information content (AvgIpc) is 2.48. The number of hydrogen-bond donors (Lipinski definition) is 1. The zero-order chi connectivity index (χ0) is 9.47. The summed E-state index contributed by atoms with van der Waals surface area (Å²) in [5.74, 6) is -2.67. The van der Waals surface area contributed by atoms with Crippen LogP contribution in [0.1, 0.15) is 28.4 Å². The molecule has 0 atom stereocenters. The van der Waals surface area contributed by atoms with Gasteiger partial charge in [-0.05, 0) is 12.8 Å². The smallest absolute Gasteiger partial charge is 0.284 e. The van der Waals surface area contributed by atoms with Crippen LogP contribution in [0, 0.1) is 0 Å². The molecule has 1 aromatic rings. The predicted molar refractivity (Wildman–Crippen MR) is 46.8 cm³/mol. The van der Waals surface area contributed by atoms with Crippen molar-refractivity contribution in [2.45, 2.75) is 31.7 Å². The number of nitrogens with two attached hydrogens (primary N) is 1. The maximum Gasteiger partial charge on any atom is 0.284 e. The van der Waals surface area contributed by atoms with Gasteiger partial charge in [-0.25, -0.2) is 13.8 Å². The van der Waals surface area contributed by atoms with Crippen molar-refractivity contribution in [1.29, 1.82) is 0 Å². The Morgan fingerprint density at radius 3 is 2.92 bits per heavy atom. The average molecular weight is 204 g/mol. The van der Waals surface area contributed by atoms with E-state index in [0.29, 0.717) is 23.5 Å². The van der Waals surface area contributed by atoms with Gasteiger partial charge in [0.1, 0.15) is 5.01 Å². The fourth-order valence-corrected chi connectivity index (χ4v) is 2.53. The van der Waals surface area contributed by atoms with E-state index in [1.54, 1.807) is 0 Å². The van der Waals surface area contributed by atoms with Gasteiger partial charge in [-0.1, -0.05) is 0 Å². The quantitative estimate of drug-likeness (QED) is 0.760. The second kappa shape index (κ2) is 2.99. The molecule has 0 unspecified atom stereocenters. The van der Waals surface area contributed by atoms with Crippen molar-refractivity contribution in [2.24, 2.45) is 5.73 Å². The number of aromatic nitrogens is 1. The summed E-state index contributed by atoms with van der Waals surface area (Å²) >= 11 is 1.06. The van der Waals surface area contributed by atoms with Gasteiger partial charge >= 0.3 is 0 Å². The summed E-state index contributed by atoms with van der Waals surface area (Å²) in [7, 11) is 0. The lowest BCUT2D eigenvalue weighted by Gasteiger charge is -2.19. The molecule has 0 saturated carbocycles. The van der Waals surface area contributed by atoms with Gasteiger partial charge in [0.05, 0.1) is 10.6 Å². The Bertz CT molecular complexity index is 322. The monoisotopic (exact) mass is 204 g/mol. The molecule has 2 nitrogen and oxygen atoms in total. The largest absolute Gasteiger partial charge is 0.325 e. The summed E-state index contributed by atoms with van der Waals surface area (Å²) in [6.07, 6.45) is 1.14. The summed E-state index contributed by atoms with van der Waals surface area (Å²) in [6, 6.07) is 0. The number of aryl methyl sites for hydroxylation is 1. The molecule has 72 valence electrons. The Morgan fingerprint density at radius 2 is 2.31 bits per heavy atom.